The number of fused-ring (bicyclic) bond motifs is 2. The van der Waals surface area contributed by atoms with Crippen molar-refractivity contribution in [2.24, 2.45) is 5.41 Å². The zero-order chi connectivity index (χ0) is 8.06. The number of esters is 1. The van der Waals surface area contributed by atoms with Crippen LogP contribution in [-0.2, 0) is 9.53 Å². The predicted molar refractivity (Wildman–Crippen MR) is 44.6 cm³/mol. The van der Waals surface area contributed by atoms with Crippen molar-refractivity contribution in [2.75, 3.05) is 0 Å². The monoisotopic (exact) mass is 218 g/mol. The van der Waals surface area contributed by atoms with Gasteiger partial charge in [-0.2, -0.15) is 0 Å². The average molecular weight is 219 g/mol. The molecular weight excluding hydrogens is 208 g/mol. The summed E-state index contributed by atoms with van der Waals surface area (Å²) >= 11 is 3.52. The smallest absolute Gasteiger partial charge is 0.312 e. The Morgan fingerprint density at radius 3 is 2.82 bits per heavy atom. The van der Waals surface area contributed by atoms with Crippen molar-refractivity contribution >= 4 is 21.9 Å². The van der Waals surface area contributed by atoms with E-state index in [9.17, 15) is 4.79 Å². The van der Waals surface area contributed by atoms with E-state index < -0.39 is 0 Å². The second-order valence-electron chi connectivity index (χ2n) is 3.50. The third-order valence-electron chi connectivity index (χ3n) is 2.95. The van der Waals surface area contributed by atoms with Gasteiger partial charge in [0.05, 0.1) is 10.2 Å². The minimum Gasteiger partial charge on any atom is -0.461 e. The van der Waals surface area contributed by atoms with Crippen LogP contribution < -0.4 is 0 Å². The van der Waals surface area contributed by atoms with Crippen molar-refractivity contribution in [1.82, 2.24) is 0 Å². The summed E-state index contributed by atoms with van der Waals surface area (Å²) in [6.45, 7) is 2.06. The number of ether oxygens (including phenoxy) is 1. The van der Waals surface area contributed by atoms with Crippen molar-refractivity contribution < 1.29 is 9.53 Å². The van der Waals surface area contributed by atoms with Crippen LogP contribution in [0, 0.1) is 5.41 Å². The minimum atomic E-state index is -0.126. The summed E-state index contributed by atoms with van der Waals surface area (Å²) in [7, 11) is 0. The lowest BCUT2D eigenvalue weighted by Crippen LogP contribution is -2.30. The third kappa shape index (κ3) is 0.866. The number of hydrogen-bond acceptors (Lipinski definition) is 2. The maximum absolute atomic E-state index is 11.3. The lowest BCUT2D eigenvalue weighted by atomic mass is 9.85. The van der Waals surface area contributed by atoms with Gasteiger partial charge in [-0.1, -0.05) is 22.9 Å². The number of carbonyl (C=O) groups is 1. The van der Waals surface area contributed by atoms with Gasteiger partial charge < -0.3 is 4.74 Å². The van der Waals surface area contributed by atoms with Gasteiger partial charge in [0, 0.05) is 6.42 Å². The van der Waals surface area contributed by atoms with E-state index in [0.29, 0.717) is 4.83 Å². The molecule has 0 aromatic rings. The highest BCUT2D eigenvalue weighted by molar-refractivity contribution is 9.09. The van der Waals surface area contributed by atoms with Crippen LogP contribution in [-0.4, -0.2) is 16.9 Å². The lowest BCUT2D eigenvalue weighted by Gasteiger charge is -2.23. The molecule has 0 aromatic heterocycles. The molecule has 0 N–H and O–H groups in total. The van der Waals surface area contributed by atoms with E-state index in [4.69, 9.17) is 4.74 Å². The van der Waals surface area contributed by atoms with E-state index in [2.05, 4.69) is 22.9 Å². The Kier molecular flexibility index (Phi) is 1.53. The summed E-state index contributed by atoms with van der Waals surface area (Å²) in [5, 5.41) is 0. The molecule has 1 aliphatic carbocycles. The van der Waals surface area contributed by atoms with Crippen LogP contribution in [0.15, 0.2) is 0 Å². The van der Waals surface area contributed by atoms with Gasteiger partial charge in [-0.3, -0.25) is 4.79 Å². The normalized spacial score (nSPS) is 48.0. The zero-order valence-electron chi connectivity index (χ0n) is 6.47. The molecular formula is C8H11BrO2. The molecule has 0 unspecified atom stereocenters. The van der Waals surface area contributed by atoms with Crippen LogP contribution in [0.2, 0.25) is 0 Å². The van der Waals surface area contributed by atoms with E-state index in [1.54, 1.807) is 0 Å². The highest BCUT2D eigenvalue weighted by Crippen LogP contribution is 2.51. The summed E-state index contributed by atoms with van der Waals surface area (Å²) in [6, 6.07) is 0. The molecule has 2 nitrogen and oxygen atoms in total. The van der Waals surface area contributed by atoms with Gasteiger partial charge in [-0.05, 0) is 12.8 Å². The minimum absolute atomic E-state index is 0.0284. The first-order valence-electron chi connectivity index (χ1n) is 4.03. The fraction of sp³-hybridized carbons (Fsp3) is 0.875. The topological polar surface area (TPSA) is 26.3 Å². The first-order valence-corrected chi connectivity index (χ1v) is 4.95. The summed E-state index contributed by atoms with van der Waals surface area (Å²) in [5.74, 6) is 0.0284. The number of halogens is 1. The summed E-state index contributed by atoms with van der Waals surface area (Å²) in [4.78, 5) is 11.7. The Morgan fingerprint density at radius 2 is 2.45 bits per heavy atom. The van der Waals surface area contributed by atoms with Crippen LogP contribution in [0.1, 0.15) is 26.2 Å². The van der Waals surface area contributed by atoms with E-state index in [0.717, 1.165) is 19.3 Å². The molecule has 3 atom stereocenters. The molecule has 11 heavy (non-hydrogen) atoms. The van der Waals surface area contributed by atoms with E-state index in [1.807, 2.05) is 0 Å². The molecule has 1 saturated heterocycles. The van der Waals surface area contributed by atoms with Crippen molar-refractivity contribution in [2.45, 2.75) is 37.1 Å². The third-order valence-corrected chi connectivity index (χ3v) is 3.86. The Labute approximate surface area is 74.4 Å². The summed E-state index contributed by atoms with van der Waals surface area (Å²) in [5.41, 5.74) is -0.126. The molecule has 0 amide bonds. The zero-order valence-corrected chi connectivity index (χ0v) is 8.06. The van der Waals surface area contributed by atoms with Gasteiger partial charge >= 0.3 is 5.97 Å². The second-order valence-corrected chi connectivity index (χ2v) is 4.68. The predicted octanol–water partition coefficient (Wildman–Crippen LogP) is 1.87. The Hall–Kier alpha value is -0.0500. The van der Waals surface area contributed by atoms with Gasteiger partial charge in [0.1, 0.15) is 6.10 Å². The van der Waals surface area contributed by atoms with E-state index in [-0.39, 0.29) is 17.5 Å². The maximum Gasteiger partial charge on any atom is 0.312 e. The van der Waals surface area contributed by atoms with Crippen LogP contribution in [0.3, 0.4) is 0 Å². The second kappa shape index (κ2) is 2.22. The Balaban J connectivity index is 2.27. The summed E-state index contributed by atoms with van der Waals surface area (Å²) in [6.07, 6.45) is 2.97. The van der Waals surface area contributed by atoms with Gasteiger partial charge in [-0.25, -0.2) is 0 Å². The molecule has 2 aliphatic rings. The molecule has 0 radical (unpaired) electrons. The van der Waals surface area contributed by atoms with Crippen LogP contribution >= 0.6 is 15.9 Å². The average Bonchev–Trinajstić information content (AvgIpc) is 2.43. The van der Waals surface area contributed by atoms with E-state index >= 15 is 0 Å². The SMILES string of the molecule is CC[C@@]12C[C@@H](Br)[C@@H](C1)OC2=O. The highest BCUT2D eigenvalue weighted by Gasteiger charge is 2.57. The Bertz CT molecular complexity index is 200. The molecule has 2 rings (SSSR count). The van der Waals surface area contributed by atoms with Crippen LogP contribution in [0.25, 0.3) is 0 Å². The quantitative estimate of drug-likeness (QED) is 0.497. The van der Waals surface area contributed by atoms with Crippen LogP contribution in [0.4, 0.5) is 0 Å². The first-order chi connectivity index (χ1) is 5.18. The van der Waals surface area contributed by atoms with Gasteiger partial charge in [0.2, 0.25) is 0 Å². The molecule has 62 valence electrons. The van der Waals surface area contributed by atoms with Crippen molar-refractivity contribution in [3.8, 4) is 0 Å². The standard InChI is InChI=1S/C8H11BrO2/c1-2-8-3-5(9)6(4-8)11-7(8)10/h5-6H,2-4H2,1H3/t5-,6-,8-/m1/s1. The van der Waals surface area contributed by atoms with Gasteiger partial charge in [0.15, 0.2) is 0 Å². The number of carbonyl (C=O) groups excluding carboxylic acids is 1. The molecule has 1 aliphatic heterocycles. The van der Waals surface area contributed by atoms with Crippen molar-refractivity contribution in [3.05, 3.63) is 0 Å². The molecule has 2 fully saturated rings. The fourth-order valence-electron chi connectivity index (χ4n) is 2.08. The Morgan fingerprint density at radius 1 is 1.73 bits per heavy atom. The highest BCUT2D eigenvalue weighted by atomic mass is 79.9. The number of hydrogen-bond donors (Lipinski definition) is 0. The number of alkyl halides is 1. The summed E-state index contributed by atoms with van der Waals surface area (Å²) < 4.78 is 5.18. The van der Waals surface area contributed by atoms with Crippen molar-refractivity contribution in [3.63, 3.8) is 0 Å². The molecule has 2 bridgehead atoms. The van der Waals surface area contributed by atoms with Crippen LogP contribution in [0.5, 0.6) is 0 Å². The molecule has 3 heteroatoms. The largest absolute Gasteiger partial charge is 0.461 e. The molecule has 1 heterocycles. The first kappa shape index (κ1) is 7.59. The number of rotatable bonds is 1. The van der Waals surface area contributed by atoms with E-state index in [1.165, 1.54) is 0 Å². The molecule has 1 saturated carbocycles. The maximum atomic E-state index is 11.3. The van der Waals surface area contributed by atoms with Crippen molar-refractivity contribution in [1.29, 1.82) is 0 Å². The molecule has 0 aromatic carbocycles. The van der Waals surface area contributed by atoms with Gasteiger partial charge in [0.25, 0.3) is 0 Å². The lowest BCUT2D eigenvalue weighted by molar-refractivity contribution is -0.152. The fourth-order valence-corrected chi connectivity index (χ4v) is 2.99. The van der Waals surface area contributed by atoms with Gasteiger partial charge in [-0.15, -0.1) is 0 Å². The molecule has 0 spiro atoms.